The fraction of sp³-hybridized carbons (Fsp3) is 0.158. The molecule has 0 bridgehead atoms. The Kier molecular flexibility index (Phi) is 5.30. The number of nitrogens with zero attached hydrogens (tertiary/aromatic N) is 1. The van der Waals surface area contributed by atoms with E-state index < -0.39 is 0 Å². The zero-order valence-corrected chi connectivity index (χ0v) is 14.8. The van der Waals surface area contributed by atoms with Crippen LogP contribution in [0.4, 0.5) is 5.13 Å². The standard InChI is InChI=1S/C19H18N2O3S/c1-13-5-3-8-16(9-13)24-11-18(22)21-19-20-17(12-25-19)14-6-4-7-15(10-14)23-2/h3-10,12H,11H2,1-2H3,(H,20,21,22). The van der Waals surface area contributed by atoms with Gasteiger partial charge in [0, 0.05) is 10.9 Å². The highest BCUT2D eigenvalue weighted by Gasteiger charge is 2.09. The Balaban J connectivity index is 1.60. The number of aryl methyl sites for hydroxylation is 1. The van der Waals surface area contributed by atoms with Gasteiger partial charge in [0.1, 0.15) is 11.5 Å². The number of carbonyl (C=O) groups excluding carboxylic acids is 1. The minimum absolute atomic E-state index is 0.0580. The van der Waals surface area contributed by atoms with E-state index in [2.05, 4.69) is 10.3 Å². The highest BCUT2D eigenvalue weighted by molar-refractivity contribution is 7.14. The molecule has 1 amide bonds. The van der Waals surface area contributed by atoms with E-state index in [0.717, 1.165) is 22.6 Å². The maximum Gasteiger partial charge on any atom is 0.264 e. The van der Waals surface area contributed by atoms with Crippen LogP contribution in [-0.2, 0) is 4.79 Å². The molecule has 0 fully saturated rings. The van der Waals surface area contributed by atoms with E-state index in [1.54, 1.807) is 7.11 Å². The number of thiazole rings is 1. The molecule has 2 aromatic carbocycles. The summed E-state index contributed by atoms with van der Waals surface area (Å²) in [7, 11) is 1.63. The van der Waals surface area contributed by atoms with Gasteiger partial charge in [-0.3, -0.25) is 10.1 Å². The molecule has 128 valence electrons. The maximum absolute atomic E-state index is 12.0. The van der Waals surface area contributed by atoms with Crippen molar-refractivity contribution < 1.29 is 14.3 Å². The lowest BCUT2D eigenvalue weighted by molar-refractivity contribution is -0.118. The fourth-order valence-electron chi connectivity index (χ4n) is 2.26. The molecule has 0 aliphatic heterocycles. The maximum atomic E-state index is 12.0. The van der Waals surface area contributed by atoms with E-state index in [4.69, 9.17) is 9.47 Å². The Morgan fingerprint density at radius 3 is 2.76 bits per heavy atom. The minimum Gasteiger partial charge on any atom is -0.497 e. The second-order valence-corrected chi connectivity index (χ2v) is 6.28. The molecule has 0 aliphatic carbocycles. The average Bonchev–Trinajstić information content (AvgIpc) is 3.08. The summed E-state index contributed by atoms with van der Waals surface area (Å²) in [5.74, 6) is 1.20. The molecular formula is C19H18N2O3S. The lowest BCUT2D eigenvalue weighted by Crippen LogP contribution is -2.20. The van der Waals surface area contributed by atoms with E-state index in [0.29, 0.717) is 10.9 Å². The van der Waals surface area contributed by atoms with Crippen LogP contribution in [0, 0.1) is 6.92 Å². The largest absolute Gasteiger partial charge is 0.497 e. The summed E-state index contributed by atoms with van der Waals surface area (Å²) >= 11 is 1.37. The topological polar surface area (TPSA) is 60.5 Å². The Morgan fingerprint density at radius 1 is 1.16 bits per heavy atom. The molecule has 0 saturated heterocycles. The van der Waals surface area contributed by atoms with Crippen molar-refractivity contribution in [3.63, 3.8) is 0 Å². The molecule has 3 aromatic rings. The van der Waals surface area contributed by atoms with Gasteiger partial charge in [-0.05, 0) is 36.8 Å². The number of benzene rings is 2. The van der Waals surface area contributed by atoms with Crippen LogP contribution in [0.15, 0.2) is 53.9 Å². The van der Waals surface area contributed by atoms with Gasteiger partial charge in [-0.15, -0.1) is 11.3 Å². The van der Waals surface area contributed by atoms with Crippen LogP contribution in [0.1, 0.15) is 5.56 Å². The molecule has 0 unspecified atom stereocenters. The van der Waals surface area contributed by atoms with Crippen LogP contribution in [0.2, 0.25) is 0 Å². The summed E-state index contributed by atoms with van der Waals surface area (Å²) < 4.78 is 10.7. The van der Waals surface area contributed by atoms with Crippen LogP contribution >= 0.6 is 11.3 Å². The van der Waals surface area contributed by atoms with Gasteiger partial charge in [0.2, 0.25) is 0 Å². The molecule has 5 nitrogen and oxygen atoms in total. The summed E-state index contributed by atoms with van der Waals surface area (Å²) in [5, 5.41) is 5.19. The summed E-state index contributed by atoms with van der Waals surface area (Å²) in [5.41, 5.74) is 2.81. The number of anilines is 1. The molecule has 0 saturated carbocycles. The number of nitrogens with one attached hydrogen (secondary N) is 1. The van der Waals surface area contributed by atoms with Crippen molar-refractivity contribution >= 4 is 22.4 Å². The monoisotopic (exact) mass is 354 g/mol. The SMILES string of the molecule is COc1cccc(-c2csc(NC(=O)COc3cccc(C)c3)n2)c1. The van der Waals surface area contributed by atoms with Gasteiger partial charge >= 0.3 is 0 Å². The zero-order valence-electron chi connectivity index (χ0n) is 14.0. The highest BCUT2D eigenvalue weighted by Crippen LogP contribution is 2.27. The van der Waals surface area contributed by atoms with Gasteiger partial charge in [0.25, 0.3) is 5.91 Å². The zero-order chi connectivity index (χ0) is 17.6. The first-order valence-corrected chi connectivity index (χ1v) is 8.61. The quantitative estimate of drug-likeness (QED) is 0.722. The Hall–Kier alpha value is -2.86. The van der Waals surface area contributed by atoms with Crippen molar-refractivity contribution in [2.75, 3.05) is 19.0 Å². The Morgan fingerprint density at radius 2 is 1.96 bits per heavy atom. The fourth-order valence-corrected chi connectivity index (χ4v) is 2.99. The first kappa shape index (κ1) is 17.0. The number of rotatable bonds is 6. The summed E-state index contributed by atoms with van der Waals surface area (Å²) in [6.07, 6.45) is 0. The third-order valence-electron chi connectivity index (χ3n) is 3.48. The van der Waals surface area contributed by atoms with Crippen LogP contribution in [0.25, 0.3) is 11.3 Å². The van der Waals surface area contributed by atoms with E-state index in [1.165, 1.54) is 11.3 Å². The van der Waals surface area contributed by atoms with Crippen LogP contribution in [0.3, 0.4) is 0 Å². The lowest BCUT2D eigenvalue weighted by atomic mass is 10.2. The van der Waals surface area contributed by atoms with E-state index in [9.17, 15) is 4.79 Å². The van der Waals surface area contributed by atoms with Gasteiger partial charge in [0.05, 0.1) is 12.8 Å². The molecule has 1 N–H and O–H groups in total. The van der Waals surface area contributed by atoms with E-state index >= 15 is 0 Å². The number of hydrogen-bond donors (Lipinski definition) is 1. The van der Waals surface area contributed by atoms with Crippen molar-refractivity contribution in [3.05, 3.63) is 59.5 Å². The van der Waals surface area contributed by atoms with E-state index in [1.807, 2.05) is 60.8 Å². The predicted octanol–water partition coefficient (Wildman–Crippen LogP) is 4.14. The molecule has 1 aromatic heterocycles. The molecule has 0 spiro atoms. The second kappa shape index (κ2) is 7.81. The smallest absolute Gasteiger partial charge is 0.264 e. The summed E-state index contributed by atoms with van der Waals surface area (Å²) in [4.78, 5) is 16.5. The minimum atomic E-state index is -0.243. The Bertz CT molecular complexity index is 876. The van der Waals surface area contributed by atoms with Gasteiger partial charge in [-0.1, -0.05) is 24.3 Å². The highest BCUT2D eigenvalue weighted by atomic mass is 32.1. The molecular weight excluding hydrogens is 336 g/mol. The average molecular weight is 354 g/mol. The number of hydrogen-bond acceptors (Lipinski definition) is 5. The number of aromatic nitrogens is 1. The van der Waals surface area contributed by atoms with Crippen molar-refractivity contribution in [2.24, 2.45) is 0 Å². The lowest BCUT2D eigenvalue weighted by Gasteiger charge is -2.06. The van der Waals surface area contributed by atoms with Crippen molar-refractivity contribution in [1.82, 2.24) is 4.98 Å². The third-order valence-corrected chi connectivity index (χ3v) is 4.23. The van der Waals surface area contributed by atoms with Crippen molar-refractivity contribution in [2.45, 2.75) is 6.92 Å². The molecule has 1 heterocycles. The first-order valence-electron chi connectivity index (χ1n) is 7.73. The molecule has 6 heteroatoms. The number of methoxy groups -OCH3 is 1. The first-order chi connectivity index (χ1) is 12.1. The van der Waals surface area contributed by atoms with Crippen molar-refractivity contribution in [3.8, 4) is 22.8 Å². The third kappa shape index (κ3) is 4.58. The molecule has 0 aliphatic rings. The van der Waals surface area contributed by atoms with Gasteiger partial charge < -0.3 is 9.47 Å². The van der Waals surface area contributed by atoms with Crippen LogP contribution in [-0.4, -0.2) is 24.6 Å². The van der Waals surface area contributed by atoms with Crippen LogP contribution < -0.4 is 14.8 Å². The summed E-state index contributed by atoms with van der Waals surface area (Å²) in [6.45, 7) is 1.92. The van der Waals surface area contributed by atoms with Gasteiger partial charge in [-0.25, -0.2) is 4.98 Å². The number of amides is 1. The predicted molar refractivity (Wildman–Crippen MR) is 99.4 cm³/mol. The number of ether oxygens (including phenoxy) is 2. The molecule has 0 radical (unpaired) electrons. The van der Waals surface area contributed by atoms with E-state index in [-0.39, 0.29) is 12.5 Å². The molecule has 0 atom stereocenters. The second-order valence-electron chi connectivity index (χ2n) is 5.42. The van der Waals surface area contributed by atoms with Gasteiger partial charge in [-0.2, -0.15) is 0 Å². The number of carbonyl (C=O) groups is 1. The summed E-state index contributed by atoms with van der Waals surface area (Å²) in [6, 6.07) is 15.2. The molecule has 25 heavy (non-hydrogen) atoms. The van der Waals surface area contributed by atoms with Crippen molar-refractivity contribution in [1.29, 1.82) is 0 Å². The normalized spacial score (nSPS) is 10.3. The van der Waals surface area contributed by atoms with Crippen LogP contribution in [0.5, 0.6) is 11.5 Å². The Labute approximate surface area is 150 Å². The van der Waals surface area contributed by atoms with Gasteiger partial charge in [0.15, 0.2) is 11.7 Å². The molecule has 3 rings (SSSR count).